The highest BCUT2D eigenvalue weighted by Gasteiger charge is 2.33. The summed E-state index contributed by atoms with van der Waals surface area (Å²) in [6, 6.07) is 26.5. The van der Waals surface area contributed by atoms with Gasteiger partial charge >= 0.3 is 0 Å². The first kappa shape index (κ1) is 18.6. The summed E-state index contributed by atoms with van der Waals surface area (Å²) in [5.74, 6) is 0.722. The second kappa shape index (κ2) is 6.82. The minimum absolute atomic E-state index is 0.192. The lowest BCUT2D eigenvalue weighted by molar-refractivity contribution is -0.609. The van der Waals surface area contributed by atoms with Gasteiger partial charge in [0.25, 0.3) is 0 Å². The fourth-order valence-electron chi connectivity index (χ4n) is 4.03. The molecule has 0 aliphatic carbocycles. The highest BCUT2D eigenvalue weighted by molar-refractivity contribution is 7.91. The molecule has 1 aliphatic heterocycles. The Morgan fingerprint density at radius 1 is 0.667 bits per heavy atom. The second-order valence-corrected chi connectivity index (χ2v) is 9.30. The summed E-state index contributed by atoms with van der Waals surface area (Å²) >= 11 is 0. The predicted octanol–water partition coefficient (Wildman–Crippen LogP) is 5.19. The zero-order chi connectivity index (χ0) is 20.9. The summed E-state index contributed by atoms with van der Waals surface area (Å²) in [6.07, 6.45) is 0. The van der Waals surface area contributed by atoms with E-state index in [1.54, 1.807) is 36.4 Å². The van der Waals surface area contributed by atoms with Crippen molar-refractivity contribution < 1.29 is 17.7 Å². The van der Waals surface area contributed by atoms with Crippen molar-refractivity contribution in [2.75, 3.05) is 0 Å². The summed E-state index contributed by atoms with van der Waals surface area (Å²) in [5, 5.41) is 0. The van der Waals surface area contributed by atoms with Crippen molar-refractivity contribution in [1.82, 2.24) is 0 Å². The van der Waals surface area contributed by atoms with Crippen LogP contribution in [0.3, 0.4) is 0 Å². The lowest BCUT2D eigenvalue weighted by atomic mass is 10.0. The molecule has 0 saturated carbocycles. The quantitative estimate of drug-likeness (QED) is 0.374. The van der Waals surface area contributed by atoms with Gasteiger partial charge in [0.1, 0.15) is 21.3 Å². The molecule has 3 aromatic carbocycles. The standard InChI is InChI=1S/C25H20NO3S/c1-17-14-20(19-8-4-3-5-9-19)15-18(2)26(17)21-12-13-23-25(16-21)30(27,28)24-11-7-6-10-22(24)29-23/h3-16H,1-2H3/q+1. The van der Waals surface area contributed by atoms with Crippen LogP contribution in [0.15, 0.2) is 94.7 Å². The highest BCUT2D eigenvalue weighted by Crippen LogP contribution is 2.42. The molecule has 30 heavy (non-hydrogen) atoms. The first-order valence-corrected chi connectivity index (χ1v) is 11.2. The lowest BCUT2D eigenvalue weighted by Crippen LogP contribution is -2.37. The Labute approximate surface area is 175 Å². The summed E-state index contributed by atoms with van der Waals surface area (Å²) in [7, 11) is -3.65. The van der Waals surface area contributed by atoms with Crippen molar-refractivity contribution in [3.05, 3.63) is 96.3 Å². The molecule has 5 rings (SSSR count). The molecular formula is C25H20NO3S+. The van der Waals surface area contributed by atoms with Gasteiger partial charge in [-0.25, -0.2) is 8.42 Å². The van der Waals surface area contributed by atoms with E-state index in [4.69, 9.17) is 4.74 Å². The van der Waals surface area contributed by atoms with Crippen molar-refractivity contribution >= 4 is 9.84 Å². The number of aryl methyl sites for hydroxylation is 2. The van der Waals surface area contributed by atoms with E-state index < -0.39 is 9.84 Å². The first-order valence-electron chi connectivity index (χ1n) is 9.70. The summed E-state index contributed by atoms with van der Waals surface area (Å²) in [5.41, 5.74) is 5.10. The average molecular weight is 415 g/mol. The van der Waals surface area contributed by atoms with E-state index in [0.717, 1.165) is 28.2 Å². The number of pyridine rings is 1. The zero-order valence-corrected chi connectivity index (χ0v) is 17.5. The molecule has 0 spiro atoms. The van der Waals surface area contributed by atoms with Gasteiger partial charge in [-0.05, 0) is 29.3 Å². The number of ether oxygens (including phenoxy) is 1. The van der Waals surface area contributed by atoms with Crippen LogP contribution in [0.1, 0.15) is 11.4 Å². The van der Waals surface area contributed by atoms with Gasteiger partial charge in [-0.15, -0.1) is 0 Å². The normalized spacial score (nSPS) is 13.8. The van der Waals surface area contributed by atoms with E-state index in [0.29, 0.717) is 11.5 Å². The number of nitrogens with zero attached hydrogens (tertiary/aromatic N) is 1. The molecule has 0 bridgehead atoms. The molecule has 5 heteroatoms. The van der Waals surface area contributed by atoms with E-state index in [-0.39, 0.29) is 9.79 Å². The van der Waals surface area contributed by atoms with Crippen LogP contribution in [-0.2, 0) is 9.84 Å². The van der Waals surface area contributed by atoms with E-state index >= 15 is 0 Å². The average Bonchev–Trinajstić information content (AvgIpc) is 2.74. The third kappa shape index (κ3) is 2.90. The van der Waals surface area contributed by atoms with Gasteiger partial charge in [-0.1, -0.05) is 42.5 Å². The number of aromatic nitrogens is 1. The molecule has 0 fully saturated rings. The number of fused-ring (bicyclic) bond motifs is 2. The monoisotopic (exact) mass is 414 g/mol. The fourth-order valence-corrected chi connectivity index (χ4v) is 5.55. The Morgan fingerprint density at radius 3 is 2.03 bits per heavy atom. The Morgan fingerprint density at radius 2 is 1.30 bits per heavy atom. The minimum atomic E-state index is -3.65. The van der Waals surface area contributed by atoms with Crippen LogP contribution >= 0.6 is 0 Å². The topological polar surface area (TPSA) is 47.2 Å². The van der Waals surface area contributed by atoms with Gasteiger partial charge < -0.3 is 4.74 Å². The van der Waals surface area contributed by atoms with Crippen LogP contribution in [-0.4, -0.2) is 8.42 Å². The molecule has 0 unspecified atom stereocenters. The number of para-hydroxylation sites is 1. The van der Waals surface area contributed by atoms with Crippen molar-refractivity contribution in [2.24, 2.45) is 0 Å². The molecule has 0 N–H and O–H groups in total. The minimum Gasteiger partial charge on any atom is -0.455 e. The van der Waals surface area contributed by atoms with Crippen LogP contribution < -0.4 is 9.30 Å². The SMILES string of the molecule is Cc1cc(-c2ccccc2)cc(C)[n+]1-c1ccc2c(c1)S(=O)(=O)c1ccccc1O2. The third-order valence-corrected chi connectivity index (χ3v) is 7.19. The van der Waals surface area contributed by atoms with Gasteiger partial charge in [0.05, 0.1) is 0 Å². The summed E-state index contributed by atoms with van der Waals surface area (Å²) < 4.78 is 34.3. The third-order valence-electron chi connectivity index (χ3n) is 5.37. The number of hydrogen-bond donors (Lipinski definition) is 0. The van der Waals surface area contributed by atoms with E-state index in [1.165, 1.54) is 0 Å². The Hall–Kier alpha value is -3.44. The first-order chi connectivity index (χ1) is 14.4. The Bertz CT molecular complexity index is 1370. The smallest absolute Gasteiger partial charge is 0.214 e. The summed E-state index contributed by atoms with van der Waals surface area (Å²) in [6.45, 7) is 4.05. The van der Waals surface area contributed by atoms with Crippen molar-refractivity contribution in [2.45, 2.75) is 23.6 Å². The van der Waals surface area contributed by atoms with E-state index in [9.17, 15) is 8.42 Å². The molecule has 148 valence electrons. The maximum absolute atomic E-state index is 13.2. The highest BCUT2D eigenvalue weighted by atomic mass is 32.2. The number of hydrogen-bond acceptors (Lipinski definition) is 3. The number of sulfone groups is 1. The van der Waals surface area contributed by atoms with E-state index in [2.05, 4.69) is 28.8 Å². The predicted molar refractivity (Wildman–Crippen MR) is 115 cm³/mol. The van der Waals surface area contributed by atoms with Crippen molar-refractivity contribution in [3.63, 3.8) is 0 Å². The molecule has 1 aliphatic rings. The molecular weight excluding hydrogens is 394 g/mol. The number of rotatable bonds is 2. The zero-order valence-electron chi connectivity index (χ0n) is 16.7. The van der Waals surface area contributed by atoms with Crippen LogP contribution in [0.25, 0.3) is 16.8 Å². The maximum atomic E-state index is 13.2. The molecule has 4 nitrogen and oxygen atoms in total. The molecule has 0 saturated heterocycles. The van der Waals surface area contributed by atoms with Crippen LogP contribution in [0.4, 0.5) is 0 Å². The van der Waals surface area contributed by atoms with Gasteiger partial charge in [0, 0.05) is 38.1 Å². The van der Waals surface area contributed by atoms with Crippen LogP contribution in [0.5, 0.6) is 11.5 Å². The summed E-state index contributed by atoms with van der Waals surface area (Å²) in [4.78, 5) is 0.393. The number of benzene rings is 3. The van der Waals surface area contributed by atoms with Gasteiger partial charge in [-0.3, -0.25) is 0 Å². The molecule has 1 aromatic heterocycles. The molecule has 0 amide bonds. The maximum Gasteiger partial charge on any atom is 0.214 e. The lowest BCUT2D eigenvalue weighted by Gasteiger charge is -2.20. The second-order valence-electron chi connectivity index (χ2n) is 7.41. The van der Waals surface area contributed by atoms with Crippen LogP contribution in [0.2, 0.25) is 0 Å². The van der Waals surface area contributed by atoms with Crippen molar-refractivity contribution in [3.8, 4) is 28.3 Å². The van der Waals surface area contributed by atoms with Gasteiger partial charge in [0.2, 0.25) is 15.5 Å². The molecule has 4 aromatic rings. The fraction of sp³-hybridized carbons (Fsp3) is 0.0800. The Balaban J connectivity index is 1.64. The van der Waals surface area contributed by atoms with E-state index in [1.807, 2.05) is 38.1 Å². The molecule has 2 heterocycles. The molecule has 0 atom stereocenters. The molecule has 0 radical (unpaired) electrons. The van der Waals surface area contributed by atoms with Crippen LogP contribution in [0, 0.1) is 13.8 Å². The Kier molecular flexibility index (Phi) is 4.22. The van der Waals surface area contributed by atoms with Gasteiger partial charge in [-0.2, -0.15) is 4.57 Å². The van der Waals surface area contributed by atoms with Crippen molar-refractivity contribution in [1.29, 1.82) is 0 Å². The van der Waals surface area contributed by atoms with Gasteiger partial charge in [0.15, 0.2) is 11.4 Å². The largest absolute Gasteiger partial charge is 0.455 e.